The van der Waals surface area contributed by atoms with Gasteiger partial charge in [-0.3, -0.25) is 0 Å². The van der Waals surface area contributed by atoms with Gasteiger partial charge >= 0.3 is 0 Å². The van der Waals surface area contributed by atoms with Gasteiger partial charge in [-0.1, -0.05) is 19.1 Å². The van der Waals surface area contributed by atoms with Crippen LogP contribution in [0.15, 0.2) is 29.6 Å². The molecule has 0 saturated carbocycles. The smallest absolute Gasteiger partial charge is 0.0345 e. The fraction of sp³-hybridized carbons (Fsp3) is 0.467. The molecule has 1 saturated heterocycles. The molecule has 1 nitrogen and oxygen atoms in total. The van der Waals surface area contributed by atoms with Gasteiger partial charge in [0.1, 0.15) is 0 Å². The molecule has 2 heterocycles. The molecule has 2 heteroatoms. The van der Waals surface area contributed by atoms with Gasteiger partial charge in [-0.05, 0) is 66.9 Å². The van der Waals surface area contributed by atoms with Gasteiger partial charge in [0.15, 0.2) is 0 Å². The van der Waals surface area contributed by atoms with Crippen LogP contribution in [0.2, 0.25) is 0 Å². The lowest BCUT2D eigenvalue weighted by Gasteiger charge is -2.31. The molecule has 1 aromatic carbocycles. The third-order valence-corrected chi connectivity index (χ3v) is 4.89. The molecule has 0 amide bonds. The third kappa shape index (κ3) is 2.12. The topological polar surface area (TPSA) is 3.24 Å². The monoisotopic (exact) mass is 245 g/mol. The number of piperidine rings is 1. The summed E-state index contributed by atoms with van der Waals surface area (Å²) in [5.74, 6) is 0.774. The molecule has 3 rings (SSSR count). The molecule has 90 valence electrons. The summed E-state index contributed by atoms with van der Waals surface area (Å²) in [6, 6.07) is 9.09. The number of thiophene rings is 1. The van der Waals surface area contributed by atoms with Gasteiger partial charge in [0.2, 0.25) is 0 Å². The number of likely N-dealkylation sites (tertiary alicyclic amines) is 1. The lowest BCUT2D eigenvalue weighted by molar-refractivity contribution is 0.223. The number of nitrogens with zero attached hydrogens (tertiary/aromatic N) is 1. The van der Waals surface area contributed by atoms with E-state index in [-0.39, 0.29) is 0 Å². The minimum Gasteiger partial charge on any atom is -0.304 e. The summed E-state index contributed by atoms with van der Waals surface area (Å²) >= 11 is 1.86. The van der Waals surface area contributed by atoms with Crippen molar-refractivity contribution in [1.29, 1.82) is 0 Å². The van der Waals surface area contributed by atoms with Gasteiger partial charge < -0.3 is 4.90 Å². The Morgan fingerprint density at radius 1 is 1.24 bits per heavy atom. The molecular weight excluding hydrogens is 226 g/mol. The van der Waals surface area contributed by atoms with Crippen molar-refractivity contribution in [1.82, 2.24) is 4.90 Å². The summed E-state index contributed by atoms with van der Waals surface area (Å²) in [5, 5.41) is 3.71. The van der Waals surface area contributed by atoms with Gasteiger partial charge in [-0.15, -0.1) is 11.3 Å². The molecule has 0 aliphatic carbocycles. The maximum Gasteiger partial charge on any atom is 0.0345 e. The molecule has 17 heavy (non-hydrogen) atoms. The minimum absolute atomic E-state index is 0.774. The van der Waals surface area contributed by atoms with Crippen LogP contribution in [0.25, 0.3) is 10.1 Å². The Balaban J connectivity index is 1.87. The lowest BCUT2D eigenvalue weighted by atomic mass is 9.88. The Morgan fingerprint density at radius 3 is 2.82 bits per heavy atom. The van der Waals surface area contributed by atoms with Crippen LogP contribution in [-0.4, -0.2) is 24.5 Å². The van der Waals surface area contributed by atoms with Crippen molar-refractivity contribution in [2.24, 2.45) is 0 Å². The Kier molecular flexibility index (Phi) is 3.17. The molecule has 1 aliphatic rings. The van der Waals surface area contributed by atoms with Crippen LogP contribution in [0.5, 0.6) is 0 Å². The predicted octanol–water partition coefficient (Wildman–Crippen LogP) is 4.10. The quantitative estimate of drug-likeness (QED) is 0.770. The zero-order valence-electron chi connectivity index (χ0n) is 10.4. The Labute approximate surface area is 107 Å². The average molecular weight is 245 g/mol. The zero-order chi connectivity index (χ0) is 11.7. The van der Waals surface area contributed by atoms with Crippen molar-refractivity contribution >= 4 is 21.4 Å². The van der Waals surface area contributed by atoms with E-state index in [1.165, 1.54) is 42.6 Å². The normalized spacial score (nSPS) is 18.9. The van der Waals surface area contributed by atoms with E-state index in [0.29, 0.717) is 0 Å². The molecular formula is C15H19NS. The summed E-state index contributed by atoms with van der Waals surface area (Å²) in [7, 11) is 0. The lowest BCUT2D eigenvalue weighted by Crippen LogP contribution is -2.32. The van der Waals surface area contributed by atoms with E-state index in [1.54, 1.807) is 5.56 Å². The molecule has 2 aromatic rings. The first kappa shape index (κ1) is 11.2. The second-order valence-electron chi connectivity index (χ2n) is 4.89. The highest BCUT2D eigenvalue weighted by atomic mass is 32.1. The van der Waals surface area contributed by atoms with Gasteiger partial charge in [-0.2, -0.15) is 0 Å². The Morgan fingerprint density at radius 2 is 2.06 bits per heavy atom. The van der Waals surface area contributed by atoms with Gasteiger partial charge in [0, 0.05) is 4.70 Å². The summed E-state index contributed by atoms with van der Waals surface area (Å²) < 4.78 is 1.44. The summed E-state index contributed by atoms with van der Waals surface area (Å²) in [4.78, 5) is 2.56. The summed E-state index contributed by atoms with van der Waals surface area (Å²) in [6.45, 7) is 6.00. The van der Waals surface area contributed by atoms with E-state index < -0.39 is 0 Å². The van der Waals surface area contributed by atoms with E-state index in [4.69, 9.17) is 0 Å². The maximum absolute atomic E-state index is 2.56. The highest BCUT2D eigenvalue weighted by Crippen LogP contribution is 2.34. The van der Waals surface area contributed by atoms with E-state index in [9.17, 15) is 0 Å². The standard InChI is InChI=1S/C15H19NS/c1-2-16-9-6-12(7-10-16)13-4-3-5-15-14(13)8-11-17-15/h3-5,8,11-12H,2,6-7,9-10H2,1H3. The maximum atomic E-state index is 2.56. The number of hydrogen-bond donors (Lipinski definition) is 0. The van der Waals surface area contributed by atoms with Crippen LogP contribution in [-0.2, 0) is 0 Å². The van der Waals surface area contributed by atoms with Crippen molar-refractivity contribution in [3.8, 4) is 0 Å². The van der Waals surface area contributed by atoms with Crippen LogP contribution >= 0.6 is 11.3 Å². The van der Waals surface area contributed by atoms with Crippen molar-refractivity contribution < 1.29 is 0 Å². The van der Waals surface area contributed by atoms with Gasteiger partial charge in [0.25, 0.3) is 0 Å². The van der Waals surface area contributed by atoms with E-state index in [0.717, 1.165) is 5.92 Å². The number of rotatable bonds is 2. The Bertz CT molecular complexity index is 494. The molecule has 0 spiro atoms. The summed E-state index contributed by atoms with van der Waals surface area (Å²) in [6.07, 6.45) is 2.64. The Hall–Kier alpha value is -0.860. The number of benzene rings is 1. The van der Waals surface area contributed by atoms with Crippen molar-refractivity contribution in [2.45, 2.75) is 25.7 Å². The highest BCUT2D eigenvalue weighted by molar-refractivity contribution is 7.17. The van der Waals surface area contributed by atoms with E-state index >= 15 is 0 Å². The second kappa shape index (κ2) is 4.79. The van der Waals surface area contributed by atoms with Gasteiger partial charge in [-0.25, -0.2) is 0 Å². The molecule has 0 unspecified atom stereocenters. The largest absolute Gasteiger partial charge is 0.304 e. The van der Waals surface area contributed by atoms with Crippen LogP contribution in [0.4, 0.5) is 0 Å². The van der Waals surface area contributed by atoms with E-state index in [2.05, 4.69) is 41.5 Å². The van der Waals surface area contributed by atoms with Crippen molar-refractivity contribution in [2.75, 3.05) is 19.6 Å². The van der Waals surface area contributed by atoms with Crippen LogP contribution in [0, 0.1) is 0 Å². The molecule has 0 N–H and O–H groups in total. The van der Waals surface area contributed by atoms with Crippen LogP contribution < -0.4 is 0 Å². The molecule has 1 aliphatic heterocycles. The highest BCUT2D eigenvalue weighted by Gasteiger charge is 2.20. The third-order valence-electron chi connectivity index (χ3n) is 4.00. The molecule has 1 fully saturated rings. The minimum atomic E-state index is 0.774. The number of hydrogen-bond acceptors (Lipinski definition) is 2. The predicted molar refractivity (Wildman–Crippen MR) is 75.9 cm³/mol. The first-order chi connectivity index (χ1) is 8.38. The van der Waals surface area contributed by atoms with Crippen LogP contribution in [0.1, 0.15) is 31.2 Å². The fourth-order valence-electron chi connectivity index (χ4n) is 2.93. The SMILES string of the molecule is CCN1CCC(c2cccc3sccc23)CC1. The van der Waals surface area contributed by atoms with Crippen molar-refractivity contribution in [3.05, 3.63) is 35.2 Å². The molecule has 0 bridgehead atoms. The molecule has 0 atom stereocenters. The molecule has 0 radical (unpaired) electrons. The first-order valence-corrected chi connectivity index (χ1v) is 7.45. The van der Waals surface area contributed by atoms with Crippen molar-refractivity contribution in [3.63, 3.8) is 0 Å². The number of fused-ring (bicyclic) bond motifs is 1. The average Bonchev–Trinajstić information content (AvgIpc) is 2.87. The fourth-order valence-corrected chi connectivity index (χ4v) is 3.75. The van der Waals surface area contributed by atoms with Gasteiger partial charge in [0.05, 0.1) is 0 Å². The first-order valence-electron chi connectivity index (χ1n) is 6.57. The zero-order valence-corrected chi connectivity index (χ0v) is 11.2. The second-order valence-corrected chi connectivity index (χ2v) is 5.84. The summed E-state index contributed by atoms with van der Waals surface area (Å²) in [5.41, 5.74) is 1.58. The van der Waals surface area contributed by atoms with E-state index in [1.807, 2.05) is 11.3 Å². The van der Waals surface area contributed by atoms with Crippen LogP contribution in [0.3, 0.4) is 0 Å². The molecule has 1 aromatic heterocycles.